The molecule has 3 heteroatoms. The molecule has 1 aliphatic carbocycles. The van der Waals surface area contributed by atoms with Crippen LogP contribution in [0.25, 0.3) is 0 Å². The maximum atomic E-state index is 13.7. The van der Waals surface area contributed by atoms with Gasteiger partial charge in [-0.2, -0.15) is 0 Å². The van der Waals surface area contributed by atoms with E-state index in [1.54, 1.807) is 24.4 Å². The van der Waals surface area contributed by atoms with E-state index in [0.29, 0.717) is 0 Å². The Morgan fingerprint density at radius 3 is 2.89 bits per heavy atom. The monoisotopic (exact) mass is 255 g/mol. The Labute approximate surface area is 111 Å². The number of carbonyl (C=O) groups excluding carboxylic acids is 1. The largest absolute Gasteiger partial charge is 0.293 e. The van der Waals surface area contributed by atoms with Gasteiger partial charge in [0.1, 0.15) is 5.82 Å². The number of fused-ring (bicyclic) bond motifs is 1. The second-order valence-corrected chi connectivity index (χ2v) is 4.84. The van der Waals surface area contributed by atoms with Crippen LogP contribution in [0, 0.1) is 5.82 Å². The Balaban J connectivity index is 2.00. The normalized spacial score (nSPS) is 17.8. The summed E-state index contributed by atoms with van der Waals surface area (Å²) in [7, 11) is 0. The average molecular weight is 255 g/mol. The number of hydrogen-bond acceptors (Lipinski definition) is 2. The van der Waals surface area contributed by atoms with Crippen molar-refractivity contribution >= 4 is 5.78 Å². The first-order valence-electron chi connectivity index (χ1n) is 6.50. The quantitative estimate of drug-likeness (QED) is 0.768. The fourth-order valence-corrected chi connectivity index (χ4v) is 2.71. The van der Waals surface area contributed by atoms with Gasteiger partial charge in [0.05, 0.1) is 17.2 Å². The molecule has 1 unspecified atom stereocenters. The van der Waals surface area contributed by atoms with Crippen LogP contribution in [0.4, 0.5) is 4.39 Å². The smallest absolute Gasteiger partial charge is 0.174 e. The fourth-order valence-electron chi connectivity index (χ4n) is 2.71. The number of Topliss-reactive ketones (excluding diaryl/α,β-unsaturated/α-hetero) is 1. The van der Waals surface area contributed by atoms with E-state index < -0.39 is 5.82 Å². The fraction of sp³-hybridized carbons (Fsp3) is 0.250. The number of benzene rings is 1. The molecule has 0 bridgehead atoms. The Morgan fingerprint density at radius 2 is 2.05 bits per heavy atom. The molecule has 0 saturated carbocycles. The van der Waals surface area contributed by atoms with E-state index in [1.165, 1.54) is 6.07 Å². The number of hydrogen-bond donors (Lipinski definition) is 0. The molecule has 1 aromatic carbocycles. The maximum Gasteiger partial charge on any atom is 0.174 e. The van der Waals surface area contributed by atoms with E-state index in [9.17, 15) is 9.18 Å². The van der Waals surface area contributed by atoms with E-state index >= 15 is 0 Å². The van der Waals surface area contributed by atoms with Crippen LogP contribution < -0.4 is 0 Å². The summed E-state index contributed by atoms with van der Waals surface area (Å²) in [6.45, 7) is 0. The highest BCUT2D eigenvalue weighted by Crippen LogP contribution is 2.32. The van der Waals surface area contributed by atoms with E-state index in [4.69, 9.17) is 0 Å². The zero-order valence-electron chi connectivity index (χ0n) is 10.5. The molecule has 1 atom stereocenters. The number of ketones is 1. The number of nitrogens with zero attached hydrogens (tertiary/aromatic N) is 1. The van der Waals surface area contributed by atoms with E-state index in [-0.39, 0.29) is 17.3 Å². The third-order valence-electron chi connectivity index (χ3n) is 3.65. The maximum absolute atomic E-state index is 13.7. The predicted octanol–water partition coefficient (Wildman–Crippen LogP) is 3.52. The first kappa shape index (κ1) is 12.0. The first-order valence-corrected chi connectivity index (χ1v) is 6.50. The lowest BCUT2D eigenvalue weighted by Gasteiger charge is -2.23. The molecule has 1 aliphatic rings. The summed E-state index contributed by atoms with van der Waals surface area (Å²) < 4.78 is 13.7. The highest BCUT2D eigenvalue weighted by Gasteiger charge is 2.29. The molecule has 1 heterocycles. The highest BCUT2D eigenvalue weighted by atomic mass is 19.1. The molecule has 2 aromatic rings. The zero-order valence-corrected chi connectivity index (χ0v) is 10.5. The minimum Gasteiger partial charge on any atom is -0.293 e. The highest BCUT2D eigenvalue weighted by molar-refractivity contribution is 6.01. The van der Waals surface area contributed by atoms with Crippen molar-refractivity contribution in [1.82, 2.24) is 4.98 Å². The molecule has 19 heavy (non-hydrogen) atoms. The van der Waals surface area contributed by atoms with Crippen molar-refractivity contribution in [2.75, 3.05) is 0 Å². The SMILES string of the molecule is O=C(c1ccccc1F)C1CCCc2cccnc21. The Morgan fingerprint density at radius 1 is 1.21 bits per heavy atom. The molecule has 0 N–H and O–H groups in total. The van der Waals surface area contributed by atoms with Crippen LogP contribution >= 0.6 is 0 Å². The second kappa shape index (κ2) is 4.92. The molecule has 0 fully saturated rings. The van der Waals surface area contributed by atoms with Gasteiger partial charge in [-0.05, 0) is 43.0 Å². The molecule has 2 nitrogen and oxygen atoms in total. The van der Waals surface area contributed by atoms with Crippen LogP contribution in [0.1, 0.15) is 40.4 Å². The third-order valence-corrected chi connectivity index (χ3v) is 3.65. The summed E-state index contributed by atoms with van der Waals surface area (Å²) in [5, 5.41) is 0. The van der Waals surface area contributed by atoms with E-state index in [0.717, 1.165) is 30.5 Å². The minimum atomic E-state index is -0.449. The zero-order chi connectivity index (χ0) is 13.2. The van der Waals surface area contributed by atoms with Gasteiger partial charge in [-0.15, -0.1) is 0 Å². The lowest BCUT2D eigenvalue weighted by molar-refractivity contribution is 0.0945. The number of rotatable bonds is 2. The minimum absolute atomic E-state index is 0.155. The molecule has 3 rings (SSSR count). The van der Waals surface area contributed by atoms with Gasteiger partial charge in [0.2, 0.25) is 0 Å². The summed E-state index contributed by atoms with van der Waals surface area (Å²) >= 11 is 0. The van der Waals surface area contributed by atoms with Crippen molar-refractivity contribution in [1.29, 1.82) is 0 Å². The summed E-state index contributed by atoms with van der Waals surface area (Å²) in [4.78, 5) is 16.8. The van der Waals surface area contributed by atoms with Gasteiger partial charge in [0.15, 0.2) is 5.78 Å². The number of aryl methyl sites for hydroxylation is 1. The van der Waals surface area contributed by atoms with Crippen LogP contribution in [0.15, 0.2) is 42.6 Å². The second-order valence-electron chi connectivity index (χ2n) is 4.84. The van der Waals surface area contributed by atoms with Gasteiger partial charge in [0, 0.05) is 6.20 Å². The van der Waals surface area contributed by atoms with Crippen molar-refractivity contribution in [2.45, 2.75) is 25.2 Å². The summed E-state index contributed by atoms with van der Waals surface area (Å²) in [5.41, 5.74) is 2.11. The van der Waals surface area contributed by atoms with Gasteiger partial charge in [-0.3, -0.25) is 9.78 Å². The van der Waals surface area contributed by atoms with Gasteiger partial charge >= 0.3 is 0 Å². The van der Waals surface area contributed by atoms with Crippen LogP contribution in [0.3, 0.4) is 0 Å². The Bertz CT molecular complexity index is 624. The first-order chi connectivity index (χ1) is 9.27. The van der Waals surface area contributed by atoms with Gasteiger partial charge in [0.25, 0.3) is 0 Å². The molecule has 0 amide bonds. The molecular weight excluding hydrogens is 241 g/mol. The number of aromatic nitrogens is 1. The molecule has 0 radical (unpaired) electrons. The molecule has 1 aromatic heterocycles. The average Bonchev–Trinajstić information content (AvgIpc) is 2.46. The van der Waals surface area contributed by atoms with Crippen molar-refractivity contribution in [3.63, 3.8) is 0 Å². The van der Waals surface area contributed by atoms with Crippen molar-refractivity contribution in [3.8, 4) is 0 Å². The van der Waals surface area contributed by atoms with Crippen LogP contribution in [0.5, 0.6) is 0 Å². The van der Waals surface area contributed by atoms with Crippen LogP contribution in [0.2, 0.25) is 0 Å². The molecular formula is C16H14FNO. The lowest BCUT2D eigenvalue weighted by atomic mass is 9.82. The number of halogens is 1. The molecule has 0 spiro atoms. The van der Waals surface area contributed by atoms with Gasteiger partial charge in [-0.1, -0.05) is 18.2 Å². The van der Waals surface area contributed by atoms with E-state index in [1.807, 2.05) is 12.1 Å². The van der Waals surface area contributed by atoms with Gasteiger partial charge in [-0.25, -0.2) is 4.39 Å². The van der Waals surface area contributed by atoms with Crippen molar-refractivity contribution < 1.29 is 9.18 Å². The topological polar surface area (TPSA) is 30.0 Å². The summed E-state index contributed by atoms with van der Waals surface area (Å²) in [5.74, 6) is -0.907. The number of pyridine rings is 1. The molecule has 0 saturated heterocycles. The molecule has 96 valence electrons. The summed E-state index contributed by atoms with van der Waals surface area (Å²) in [6, 6.07) is 10.1. The molecule has 0 aliphatic heterocycles. The number of carbonyl (C=O) groups is 1. The van der Waals surface area contributed by atoms with Crippen molar-refractivity contribution in [3.05, 3.63) is 65.2 Å². The summed E-state index contributed by atoms with van der Waals surface area (Å²) in [6.07, 6.45) is 4.34. The Kier molecular flexibility index (Phi) is 3.11. The standard InChI is InChI=1S/C16H14FNO/c17-14-9-2-1-7-12(14)16(19)13-8-3-5-11-6-4-10-18-15(11)13/h1-2,4,6-7,9-10,13H,3,5,8H2. The predicted molar refractivity (Wildman–Crippen MR) is 70.6 cm³/mol. The van der Waals surface area contributed by atoms with Crippen LogP contribution in [-0.4, -0.2) is 10.8 Å². The Hall–Kier alpha value is -2.03. The van der Waals surface area contributed by atoms with Crippen molar-refractivity contribution in [2.24, 2.45) is 0 Å². The van der Waals surface area contributed by atoms with E-state index in [2.05, 4.69) is 4.98 Å². The lowest BCUT2D eigenvalue weighted by Crippen LogP contribution is -2.21. The van der Waals surface area contributed by atoms with Gasteiger partial charge < -0.3 is 0 Å². The van der Waals surface area contributed by atoms with Crippen LogP contribution in [-0.2, 0) is 6.42 Å². The third kappa shape index (κ3) is 2.16.